The molecule has 0 aliphatic rings. The lowest BCUT2D eigenvalue weighted by atomic mass is 10.1. The van der Waals surface area contributed by atoms with Gasteiger partial charge in [0.05, 0.1) is 6.42 Å². The summed E-state index contributed by atoms with van der Waals surface area (Å²) in [5, 5.41) is 4.04. The van der Waals surface area contributed by atoms with Gasteiger partial charge in [-0.15, -0.1) is 0 Å². The summed E-state index contributed by atoms with van der Waals surface area (Å²) < 4.78 is 5.31. The molecule has 0 radical (unpaired) electrons. The number of aryl methyl sites for hydroxylation is 1. The smallest absolute Gasteiger partial charge is 0.231 e. The monoisotopic (exact) mass is 279 g/mol. The van der Waals surface area contributed by atoms with Crippen LogP contribution >= 0.6 is 0 Å². The van der Waals surface area contributed by atoms with Crippen molar-refractivity contribution in [3.05, 3.63) is 76.9 Å². The van der Waals surface area contributed by atoms with E-state index in [2.05, 4.69) is 35.3 Å². The van der Waals surface area contributed by atoms with Crippen LogP contribution in [0.15, 0.2) is 53.1 Å². The van der Waals surface area contributed by atoms with Crippen LogP contribution in [-0.4, -0.2) is 10.1 Å². The third kappa shape index (κ3) is 3.48. The average molecular weight is 279 g/mol. The molecule has 0 saturated carbocycles. The lowest BCUT2D eigenvalue weighted by Crippen LogP contribution is -1.93. The maximum Gasteiger partial charge on any atom is 0.231 e. The second kappa shape index (κ2) is 5.79. The first-order valence-electron chi connectivity index (χ1n) is 6.90. The molecule has 0 bridgehead atoms. The summed E-state index contributed by atoms with van der Waals surface area (Å²) in [6.07, 6.45) is 1.31. The van der Waals surface area contributed by atoms with Crippen LogP contribution in [0.4, 0.5) is 5.69 Å². The fourth-order valence-corrected chi connectivity index (χ4v) is 2.25. The minimum Gasteiger partial charge on any atom is -0.399 e. The number of rotatable bonds is 4. The first-order valence-corrected chi connectivity index (χ1v) is 6.90. The highest BCUT2D eigenvalue weighted by Crippen LogP contribution is 2.13. The molecule has 0 saturated heterocycles. The Morgan fingerprint density at radius 1 is 1.00 bits per heavy atom. The molecule has 21 heavy (non-hydrogen) atoms. The summed E-state index contributed by atoms with van der Waals surface area (Å²) >= 11 is 0. The number of nitrogens with zero attached hydrogens (tertiary/aromatic N) is 2. The summed E-state index contributed by atoms with van der Waals surface area (Å²) in [6.45, 7) is 2.08. The van der Waals surface area contributed by atoms with Gasteiger partial charge in [0.25, 0.3) is 0 Å². The second-order valence-electron chi connectivity index (χ2n) is 5.19. The molecular weight excluding hydrogens is 262 g/mol. The van der Waals surface area contributed by atoms with Crippen molar-refractivity contribution in [2.24, 2.45) is 0 Å². The van der Waals surface area contributed by atoms with Crippen LogP contribution in [0.3, 0.4) is 0 Å². The van der Waals surface area contributed by atoms with Crippen molar-refractivity contribution in [1.82, 2.24) is 10.1 Å². The zero-order valence-corrected chi connectivity index (χ0v) is 11.9. The predicted octanol–water partition coefficient (Wildman–Crippen LogP) is 3.14. The number of benzene rings is 2. The van der Waals surface area contributed by atoms with Crippen LogP contribution in [0.25, 0.3) is 0 Å². The quantitative estimate of drug-likeness (QED) is 0.745. The minimum absolute atomic E-state index is 0.626. The van der Waals surface area contributed by atoms with Gasteiger partial charge in [-0.1, -0.05) is 47.1 Å². The highest BCUT2D eigenvalue weighted by Gasteiger charge is 2.08. The van der Waals surface area contributed by atoms with Gasteiger partial charge in [0, 0.05) is 12.1 Å². The first-order chi connectivity index (χ1) is 10.2. The van der Waals surface area contributed by atoms with E-state index < -0.39 is 0 Å². The number of anilines is 1. The highest BCUT2D eigenvalue weighted by molar-refractivity contribution is 5.39. The number of nitrogen functional groups attached to an aromatic ring is 1. The maximum absolute atomic E-state index is 5.67. The average Bonchev–Trinajstić information content (AvgIpc) is 2.89. The molecule has 0 aliphatic heterocycles. The number of hydrogen-bond donors (Lipinski definition) is 1. The van der Waals surface area contributed by atoms with Gasteiger partial charge in [-0.2, -0.15) is 4.98 Å². The third-order valence-corrected chi connectivity index (χ3v) is 3.29. The van der Waals surface area contributed by atoms with Crippen LogP contribution in [0, 0.1) is 6.92 Å². The number of hydrogen-bond acceptors (Lipinski definition) is 4. The van der Waals surface area contributed by atoms with Crippen molar-refractivity contribution >= 4 is 5.69 Å². The van der Waals surface area contributed by atoms with Gasteiger partial charge >= 0.3 is 0 Å². The van der Waals surface area contributed by atoms with Gasteiger partial charge in [0.2, 0.25) is 5.89 Å². The molecular formula is C17H17N3O. The van der Waals surface area contributed by atoms with Gasteiger partial charge in [-0.05, 0) is 30.2 Å². The van der Waals surface area contributed by atoms with E-state index in [1.165, 1.54) is 11.1 Å². The fraction of sp³-hybridized carbons (Fsp3) is 0.176. The molecule has 2 aromatic carbocycles. The zero-order chi connectivity index (χ0) is 14.7. The molecule has 3 aromatic rings. The molecule has 0 spiro atoms. The van der Waals surface area contributed by atoms with Crippen molar-refractivity contribution in [2.45, 2.75) is 19.8 Å². The van der Waals surface area contributed by atoms with Crippen LogP contribution in [0.1, 0.15) is 28.4 Å². The van der Waals surface area contributed by atoms with Crippen molar-refractivity contribution in [1.29, 1.82) is 0 Å². The van der Waals surface area contributed by atoms with Gasteiger partial charge in [-0.25, -0.2) is 0 Å². The van der Waals surface area contributed by atoms with Crippen LogP contribution < -0.4 is 5.73 Å². The molecule has 2 N–H and O–H groups in total. The molecule has 0 atom stereocenters. The standard InChI is InChI=1S/C17H17N3O/c1-12-3-2-4-14(9-12)10-16-19-17(21-20-16)11-13-5-7-15(18)8-6-13/h2-9H,10-11,18H2,1H3. The molecule has 4 nitrogen and oxygen atoms in total. The Morgan fingerprint density at radius 2 is 1.81 bits per heavy atom. The summed E-state index contributed by atoms with van der Waals surface area (Å²) in [5.41, 5.74) is 9.96. The second-order valence-corrected chi connectivity index (χ2v) is 5.19. The Balaban J connectivity index is 1.70. The first kappa shape index (κ1) is 13.4. The van der Waals surface area contributed by atoms with Gasteiger partial charge < -0.3 is 10.3 Å². The Bertz CT molecular complexity index is 732. The molecule has 1 heterocycles. The topological polar surface area (TPSA) is 64.9 Å². The largest absolute Gasteiger partial charge is 0.399 e. The molecule has 106 valence electrons. The zero-order valence-electron chi connectivity index (χ0n) is 11.9. The lowest BCUT2D eigenvalue weighted by Gasteiger charge is -1.98. The van der Waals surface area contributed by atoms with Gasteiger partial charge in [-0.3, -0.25) is 0 Å². The van der Waals surface area contributed by atoms with Crippen molar-refractivity contribution < 1.29 is 4.52 Å². The lowest BCUT2D eigenvalue weighted by molar-refractivity contribution is 0.380. The normalized spacial score (nSPS) is 10.7. The summed E-state index contributed by atoms with van der Waals surface area (Å²) in [7, 11) is 0. The van der Waals surface area contributed by atoms with Crippen LogP contribution in [0.2, 0.25) is 0 Å². The number of nitrogens with two attached hydrogens (primary N) is 1. The van der Waals surface area contributed by atoms with E-state index in [1.54, 1.807) is 0 Å². The summed E-state index contributed by atoms with van der Waals surface area (Å²) in [5.74, 6) is 1.34. The Hall–Kier alpha value is -2.62. The van der Waals surface area contributed by atoms with E-state index in [9.17, 15) is 0 Å². The SMILES string of the molecule is Cc1cccc(Cc2noc(Cc3ccc(N)cc3)n2)c1. The van der Waals surface area contributed by atoms with Gasteiger partial charge in [0.15, 0.2) is 5.82 Å². The Kier molecular flexibility index (Phi) is 3.69. The van der Waals surface area contributed by atoms with E-state index in [-0.39, 0.29) is 0 Å². The molecule has 3 rings (SSSR count). The molecule has 4 heteroatoms. The molecule has 0 fully saturated rings. The van der Waals surface area contributed by atoms with Crippen LogP contribution in [0.5, 0.6) is 0 Å². The van der Waals surface area contributed by atoms with Gasteiger partial charge in [0.1, 0.15) is 0 Å². The van der Waals surface area contributed by atoms with Crippen LogP contribution in [-0.2, 0) is 12.8 Å². The van der Waals surface area contributed by atoms with Crippen molar-refractivity contribution in [3.63, 3.8) is 0 Å². The summed E-state index contributed by atoms with van der Waals surface area (Å²) in [4.78, 5) is 4.44. The Morgan fingerprint density at radius 3 is 2.57 bits per heavy atom. The van der Waals surface area contributed by atoms with E-state index >= 15 is 0 Å². The van der Waals surface area contributed by atoms with E-state index in [0.29, 0.717) is 24.6 Å². The van der Waals surface area contributed by atoms with E-state index in [1.807, 2.05) is 30.3 Å². The maximum atomic E-state index is 5.67. The van der Waals surface area contributed by atoms with E-state index in [0.717, 1.165) is 11.3 Å². The minimum atomic E-state index is 0.626. The molecule has 0 amide bonds. The molecule has 1 aromatic heterocycles. The third-order valence-electron chi connectivity index (χ3n) is 3.29. The fourth-order valence-electron chi connectivity index (χ4n) is 2.25. The summed E-state index contributed by atoms with van der Waals surface area (Å²) in [6, 6.07) is 16.0. The molecule has 0 unspecified atom stereocenters. The van der Waals surface area contributed by atoms with Crippen molar-refractivity contribution in [3.8, 4) is 0 Å². The van der Waals surface area contributed by atoms with Crippen molar-refractivity contribution in [2.75, 3.05) is 5.73 Å². The van der Waals surface area contributed by atoms with E-state index in [4.69, 9.17) is 10.3 Å². The molecule has 0 aliphatic carbocycles. The Labute approximate surface area is 123 Å². The predicted molar refractivity (Wildman–Crippen MR) is 81.9 cm³/mol. The number of aromatic nitrogens is 2. The highest BCUT2D eigenvalue weighted by atomic mass is 16.5.